The number of anilines is 2. The van der Waals surface area contributed by atoms with Crippen molar-refractivity contribution in [2.24, 2.45) is 16.5 Å². The number of benzene rings is 1. The van der Waals surface area contributed by atoms with E-state index in [-0.39, 0.29) is 23.9 Å². The fourth-order valence-corrected chi connectivity index (χ4v) is 3.54. The van der Waals surface area contributed by atoms with Gasteiger partial charge in [-0.15, -0.1) is 0 Å². The molecule has 1 aromatic heterocycles. The number of carbonyl (C=O) groups excluding carboxylic acids is 1. The van der Waals surface area contributed by atoms with Crippen molar-refractivity contribution in [2.75, 3.05) is 29.1 Å². The first-order chi connectivity index (χ1) is 15.9. The topological polar surface area (TPSA) is 167 Å². The van der Waals surface area contributed by atoms with Gasteiger partial charge in [0.05, 0.1) is 11.3 Å². The molecule has 1 heterocycles. The molecule has 0 radical (unpaired) electrons. The van der Waals surface area contributed by atoms with Gasteiger partial charge in [-0.3, -0.25) is 14.5 Å². The van der Waals surface area contributed by atoms with Gasteiger partial charge in [-0.2, -0.15) is 5.10 Å². The summed E-state index contributed by atoms with van der Waals surface area (Å²) in [7, 11) is -3.41. The molecule has 186 valence electrons. The minimum Gasteiger partial charge on any atom is -0.385 e. The van der Waals surface area contributed by atoms with E-state index in [1.807, 2.05) is 27.7 Å². The lowest BCUT2D eigenvalue weighted by Crippen LogP contribution is -2.27. The van der Waals surface area contributed by atoms with Crippen LogP contribution in [0.2, 0.25) is 0 Å². The fourth-order valence-electron chi connectivity index (χ4n) is 2.90. The Morgan fingerprint density at radius 2 is 1.85 bits per heavy atom. The van der Waals surface area contributed by atoms with E-state index < -0.39 is 21.5 Å². The number of sulfonamides is 1. The Morgan fingerprint density at radius 1 is 1.21 bits per heavy atom. The standard InChI is InChI=1S/C22H33N7O4S/c1-6-33-14-25-13-12-17(23)26-21-18(20(24)30)19(27-29(21)22(3,4)5)15-8-10-16(11-9-15)28-34(31,32)7-2/h8-13,26,28H,6-7,14,23H2,1-5H3,(H2,24,30)/b17-12+,25-13-. The Hall–Kier alpha value is -3.38. The maximum absolute atomic E-state index is 12.5. The number of allylic oxidation sites excluding steroid dienone is 1. The summed E-state index contributed by atoms with van der Waals surface area (Å²) in [5, 5.41) is 7.66. The average Bonchev–Trinajstić information content (AvgIpc) is 3.13. The molecule has 11 nitrogen and oxygen atoms in total. The number of nitrogens with zero attached hydrogens (tertiary/aromatic N) is 3. The molecule has 34 heavy (non-hydrogen) atoms. The highest BCUT2D eigenvalue weighted by Crippen LogP contribution is 2.33. The second-order valence-electron chi connectivity index (χ2n) is 8.30. The predicted molar refractivity (Wildman–Crippen MR) is 135 cm³/mol. The van der Waals surface area contributed by atoms with Crippen molar-refractivity contribution in [2.45, 2.75) is 40.2 Å². The first-order valence-corrected chi connectivity index (χ1v) is 12.4. The van der Waals surface area contributed by atoms with Crippen LogP contribution in [0.1, 0.15) is 45.0 Å². The summed E-state index contributed by atoms with van der Waals surface area (Å²) in [6, 6.07) is 6.52. The number of hydrogen-bond acceptors (Lipinski definition) is 8. The zero-order valence-corrected chi connectivity index (χ0v) is 20.9. The number of nitrogens with one attached hydrogen (secondary N) is 2. The summed E-state index contributed by atoms with van der Waals surface area (Å²) in [6.45, 7) is 9.95. The van der Waals surface area contributed by atoms with Gasteiger partial charge in [0, 0.05) is 24.1 Å². The molecule has 1 amide bonds. The number of hydrogen-bond donors (Lipinski definition) is 4. The molecule has 0 fully saturated rings. The molecular weight excluding hydrogens is 458 g/mol. The van der Waals surface area contributed by atoms with Crippen LogP contribution in [0.15, 0.2) is 41.2 Å². The van der Waals surface area contributed by atoms with Crippen molar-refractivity contribution >= 4 is 33.7 Å². The number of ether oxygens (including phenoxy) is 1. The molecule has 6 N–H and O–H groups in total. The van der Waals surface area contributed by atoms with Gasteiger partial charge in [-0.1, -0.05) is 12.1 Å². The van der Waals surface area contributed by atoms with Crippen LogP contribution in [0.5, 0.6) is 0 Å². The first kappa shape index (κ1) is 26.9. The molecule has 2 rings (SSSR count). The molecule has 1 aromatic carbocycles. The summed E-state index contributed by atoms with van der Waals surface area (Å²) in [4.78, 5) is 16.6. The molecule has 0 atom stereocenters. The lowest BCUT2D eigenvalue weighted by atomic mass is 10.1. The molecule has 0 aliphatic rings. The number of amides is 1. The van der Waals surface area contributed by atoms with Crippen molar-refractivity contribution in [3.8, 4) is 11.3 Å². The van der Waals surface area contributed by atoms with E-state index in [4.69, 9.17) is 16.2 Å². The Labute approximate surface area is 200 Å². The number of nitrogens with two attached hydrogens (primary N) is 2. The van der Waals surface area contributed by atoms with Crippen molar-refractivity contribution < 1.29 is 17.9 Å². The Bertz CT molecular complexity index is 1160. The van der Waals surface area contributed by atoms with Crippen LogP contribution in [-0.4, -0.2) is 49.4 Å². The SMILES string of the molecule is CCOC/N=C\C=C(/N)Nc1c(C(N)=O)c(-c2ccc(NS(=O)(=O)CC)cc2)nn1C(C)(C)C. The van der Waals surface area contributed by atoms with Crippen molar-refractivity contribution in [3.05, 3.63) is 41.7 Å². The monoisotopic (exact) mass is 491 g/mol. The van der Waals surface area contributed by atoms with Crippen LogP contribution in [0.4, 0.5) is 11.5 Å². The zero-order valence-electron chi connectivity index (χ0n) is 20.1. The Balaban J connectivity index is 2.50. The number of carbonyl (C=O) groups is 1. The number of rotatable bonds is 11. The zero-order chi connectivity index (χ0) is 25.5. The minimum atomic E-state index is -3.41. The third-order valence-corrected chi connectivity index (χ3v) is 5.88. The van der Waals surface area contributed by atoms with E-state index in [1.165, 1.54) is 12.3 Å². The summed E-state index contributed by atoms with van der Waals surface area (Å²) in [5.74, 6) is -0.181. The summed E-state index contributed by atoms with van der Waals surface area (Å²) in [6.07, 6.45) is 3.04. The average molecular weight is 492 g/mol. The van der Waals surface area contributed by atoms with E-state index in [0.717, 1.165) is 0 Å². The van der Waals surface area contributed by atoms with Gasteiger partial charge in [0.25, 0.3) is 5.91 Å². The third-order valence-electron chi connectivity index (χ3n) is 4.57. The van der Waals surface area contributed by atoms with Crippen LogP contribution in [-0.2, 0) is 20.3 Å². The van der Waals surface area contributed by atoms with Gasteiger partial charge in [-0.25, -0.2) is 13.1 Å². The smallest absolute Gasteiger partial charge is 0.254 e. The van der Waals surface area contributed by atoms with Gasteiger partial charge in [-0.05, 0) is 52.8 Å². The van der Waals surface area contributed by atoms with Gasteiger partial charge in [0.2, 0.25) is 10.0 Å². The third kappa shape index (κ3) is 7.06. The van der Waals surface area contributed by atoms with Crippen LogP contribution < -0.4 is 21.5 Å². The maximum atomic E-state index is 12.5. The Kier molecular flexibility index (Phi) is 8.82. The van der Waals surface area contributed by atoms with E-state index in [9.17, 15) is 13.2 Å². The normalized spacial score (nSPS) is 12.8. The molecule has 0 bridgehead atoms. The molecule has 0 saturated carbocycles. The van der Waals surface area contributed by atoms with Crippen molar-refractivity contribution in [1.29, 1.82) is 0 Å². The molecule has 2 aromatic rings. The van der Waals surface area contributed by atoms with Crippen LogP contribution >= 0.6 is 0 Å². The number of aromatic nitrogens is 2. The molecular formula is C22H33N7O4S. The van der Waals surface area contributed by atoms with Crippen LogP contribution in [0.3, 0.4) is 0 Å². The number of primary amides is 1. The van der Waals surface area contributed by atoms with E-state index >= 15 is 0 Å². The molecule has 0 spiro atoms. The van der Waals surface area contributed by atoms with Gasteiger partial charge in [0.1, 0.15) is 29.6 Å². The van der Waals surface area contributed by atoms with Gasteiger partial charge >= 0.3 is 0 Å². The second kappa shape index (κ2) is 11.2. The maximum Gasteiger partial charge on any atom is 0.254 e. The highest BCUT2D eigenvalue weighted by atomic mass is 32.2. The van der Waals surface area contributed by atoms with Gasteiger partial charge < -0.3 is 21.5 Å². The highest BCUT2D eigenvalue weighted by Gasteiger charge is 2.28. The second-order valence-corrected chi connectivity index (χ2v) is 10.3. The van der Waals surface area contributed by atoms with Gasteiger partial charge in [0.15, 0.2) is 0 Å². The molecule has 0 aliphatic carbocycles. The lowest BCUT2D eigenvalue weighted by molar-refractivity contribution is 0.100. The van der Waals surface area contributed by atoms with Crippen molar-refractivity contribution in [1.82, 2.24) is 9.78 Å². The summed E-state index contributed by atoms with van der Waals surface area (Å²) < 4.78 is 32.9. The van der Waals surface area contributed by atoms with Crippen LogP contribution in [0, 0.1) is 0 Å². The Morgan fingerprint density at radius 3 is 2.38 bits per heavy atom. The van der Waals surface area contributed by atoms with Crippen LogP contribution in [0.25, 0.3) is 11.3 Å². The number of aliphatic imine (C=N–C) groups is 1. The fraction of sp³-hybridized carbons (Fsp3) is 0.409. The predicted octanol–water partition coefficient (Wildman–Crippen LogP) is 2.44. The molecule has 0 aliphatic heterocycles. The molecule has 0 unspecified atom stereocenters. The summed E-state index contributed by atoms with van der Waals surface area (Å²) >= 11 is 0. The van der Waals surface area contributed by atoms with E-state index in [1.54, 1.807) is 35.9 Å². The minimum absolute atomic E-state index is 0.0448. The van der Waals surface area contributed by atoms with E-state index in [0.29, 0.717) is 29.4 Å². The summed E-state index contributed by atoms with van der Waals surface area (Å²) in [5.41, 5.74) is 12.8. The van der Waals surface area contributed by atoms with Crippen molar-refractivity contribution in [3.63, 3.8) is 0 Å². The lowest BCUT2D eigenvalue weighted by Gasteiger charge is -2.23. The quantitative estimate of drug-likeness (QED) is 0.276. The largest absolute Gasteiger partial charge is 0.385 e. The first-order valence-electron chi connectivity index (χ1n) is 10.7. The highest BCUT2D eigenvalue weighted by molar-refractivity contribution is 7.92. The van der Waals surface area contributed by atoms with E-state index in [2.05, 4.69) is 20.1 Å². The molecule has 12 heteroatoms. The molecule has 0 saturated heterocycles.